The van der Waals surface area contributed by atoms with Crippen molar-refractivity contribution in [3.63, 3.8) is 0 Å². The first kappa shape index (κ1) is 13.1. The van der Waals surface area contributed by atoms with Crippen LogP contribution in [0.25, 0.3) is 0 Å². The van der Waals surface area contributed by atoms with Gasteiger partial charge >= 0.3 is 0 Å². The van der Waals surface area contributed by atoms with E-state index in [0.717, 1.165) is 17.8 Å². The Labute approximate surface area is 96.8 Å². The molecule has 1 rings (SSSR count). The molecule has 0 saturated heterocycles. The highest BCUT2D eigenvalue weighted by molar-refractivity contribution is 4.80. The van der Waals surface area contributed by atoms with Crippen LogP contribution in [0.2, 0.25) is 0 Å². The maximum Gasteiger partial charge on any atom is -0.0340 e. The third kappa shape index (κ3) is 4.17. The molecule has 1 aliphatic rings. The van der Waals surface area contributed by atoms with Gasteiger partial charge in [0.25, 0.3) is 0 Å². The van der Waals surface area contributed by atoms with Gasteiger partial charge in [-0.1, -0.05) is 66.7 Å². The monoisotopic (exact) mass is 210 g/mol. The average molecular weight is 210 g/mol. The molecule has 0 aromatic carbocycles. The summed E-state index contributed by atoms with van der Waals surface area (Å²) in [5, 5.41) is 0. The summed E-state index contributed by atoms with van der Waals surface area (Å²) >= 11 is 0. The van der Waals surface area contributed by atoms with E-state index in [1.807, 2.05) is 0 Å². The van der Waals surface area contributed by atoms with Crippen LogP contribution in [0.4, 0.5) is 0 Å². The standard InChI is InChI=1S/C15H30/c1-12(2)14(15(3,4)5)11-13-9-7-6-8-10-13/h12-14H,6-11H2,1-5H3. The molecule has 0 radical (unpaired) electrons. The molecule has 1 saturated carbocycles. The fourth-order valence-corrected chi connectivity index (χ4v) is 3.41. The van der Waals surface area contributed by atoms with Gasteiger partial charge in [0, 0.05) is 0 Å². The summed E-state index contributed by atoms with van der Waals surface area (Å²) in [6, 6.07) is 0. The van der Waals surface area contributed by atoms with E-state index < -0.39 is 0 Å². The first-order valence-electron chi connectivity index (χ1n) is 6.91. The lowest BCUT2D eigenvalue weighted by Gasteiger charge is -2.37. The maximum absolute atomic E-state index is 2.42. The zero-order chi connectivity index (χ0) is 11.5. The third-order valence-corrected chi connectivity index (χ3v) is 4.23. The van der Waals surface area contributed by atoms with Crippen molar-refractivity contribution in [3.05, 3.63) is 0 Å². The molecule has 1 fully saturated rings. The molecule has 90 valence electrons. The van der Waals surface area contributed by atoms with Gasteiger partial charge in [0.1, 0.15) is 0 Å². The van der Waals surface area contributed by atoms with Gasteiger partial charge in [-0.15, -0.1) is 0 Å². The Hall–Kier alpha value is 0. The largest absolute Gasteiger partial charge is 0.0625 e. The Kier molecular flexibility index (Phi) is 4.67. The van der Waals surface area contributed by atoms with Crippen molar-refractivity contribution in [1.82, 2.24) is 0 Å². The molecule has 1 atom stereocenters. The molecule has 1 unspecified atom stereocenters. The van der Waals surface area contributed by atoms with Crippen molar-refractivity contribution in [2.24, 2.45) is 23.2 Å². The second-order valence-corrected chi connectivity index (χ2v) is 6.96. The van der Waals surface area contributed by atoms with E-state index in [4.69, 9.17) is 0 Å². The Morgan fingerprint density at radius 1 is 1.00 bits per heavy atom. The summed E-state index contributed by atoms with van der Waals surface area (Å²) in [4.78, 5) is 0. The van der Waals surface area contributed by atoms with Crippen LogP contribution in [0, 0.1) is 23.2 Å². The van der Waals surface area contributed by atoms with E-state index >= 15 is 0 Å². The third-order valence-electron chi connectivity index (χ3n) is 4.23. The molecular weight excluding hydrogens is 180 g/mol. The van der Waals surface area contributed by atoms with E-state index in [-0.39, 0.29) is 0 Å². The Morgan fingerprint density at radius 2 is 1.53 bits per heavy atom. The smallest absolute Gasteiger partial charge is 0.0340 e. The quantitative estimate of drug-likeness (QED) is 0.595. The molecule has 0 N–H and O–H groups in total. The van der Waals surface area contributed by atoms with E-state index in [9.17, 15) is 0 Å². The number of hydrogen-bond donors (Lipinski definition) is 0. The Bertz CT molecular complexity index is 167. The van der Waals surface area contributed by atoms with E-state index in [1.165, 1.54) is 38.5 Å². The lowest BCUT2D eigenvalue weighted by Crippen LogP contribution is -2.28. The van der Waals surface area contributed by atoms with Crippen LogP contribution < -0.4 is 0 Å². The zero-order valence-corrected chi connectivity index (χ0v) is 11.5. The van der Waals surface area contributed by atoms with Crippen molar-refractivity contribution < 1.29 is 0 Å². The maximum atomic E-state index is 2.42. The molecule has 1 aliphatic carbocycles. The Balaban J connectivity index is 2.50. The predicted molar refractivity (Wildman–Crippen MR) is 69.0 cm³/mol. The summed E-state index contributed by atoms with van der Waals surface area (Å²) in [7, 11) is 0. The van der Waals surface area contributed by atoms with Crippen molar-refractivity contribution in [3.8, 4) is 0 Å². The van der Waals surface area contributed by atoms with Gasteiger partial charge in [0.2, 0.25) is 0 Å². The van der Waals surface area contributed by atoms with Crippen molar-refractivity contribution in [2.75, 3.05) is 0 Å². The van der Waals surface area contributed by atoms with Crippen molar-refractivity contribution in [1.29, 1.82) is 0 Å². The molecule has 0 bridgehead atoms. The molecule has 0 aromatic rings. The van der Waals surface area contributed by atoms with Gasteiger partial charge in [0.05, 0.1) is 0 Å². The second kappa shape index (κ2) is 5.37. The zero-order valence-electron chi connectivity index (χ0n) is 11.5. The molecule has 15 heavy (non-hydrogen) atoms. The first-order chi connectivity index (χ1) is 6.91. The topological polar surface area (TPSA) is 0 Å². The normalized spacial score (nSPS) is 22.0. The van der Waals surface area contributed by atoms with Crippen LogP contribution in [-0.2, 0) is 0 Å². The van der Waals surface area contributed by atoms with Gasteiger partial charge < -0.3 is 0 Å². The van der Waals surface area contributed by atoms with E-state index in [0.29, 0.717) is 5.41 Å². The molecule has 0 aromatic heterocycles. The van der Waals surface area contributed by atoms with Crippen LogP contribution >= 0.6 is 0 Å². The molecular formula is C15H30. The Morgan fingerprint density at radius 3 is 1.93 bits per heavy atom. The van der Waals surface area contributed by atoms with Gasteiger partial charge in [-0.3, -0.25) is 0 Å². The van der Waals surface area contributed by atoms with Crippen molar-refractivity contribution in [2.45, 2.75) is 73.1 Å². The molecule has 0 nitrogen and oxygen atoms in total. The summed E-state index contributed by atoms with van der Waals surface area (Å²) in [6.07, 6.45) is 8.93. The fourth-order valence-electron chi connectivity index (χ4n) is 3.41. The minimum atomic E-state index is 0.492. The number of hydrogen-bond acceptors (Lipinski definition) is 0. The lowest BCUT2D eigenvalue weighted by molar-refractivity contribution is 0.128. The van der Waals surface area contributed by atoms with Crippen LogP contribution in [-0.4, -0.2) is 0 Å². The van der Waals surface area contributed by atoms with Gasteiger partial charge in [-0.2, -0.15) is 0 Å². The summed E-state index contributed by atoms with van der Waals surface area (Å²) in [6.45, 7) is 12.1. The van der Waals surface area contributed by atoms with Crippen LogP contribution in [0.1, 0.15) is 73.1 Å². The summed E-state index contributed by atoms with van der Waals surface area (Å²) in [5.74, 6) is 2.78. The minimum absolute atomic E-state index is 0.492. The first-order valence-corrected chi connectivity index (χ1v) is 6.91. The number of rotatable bonds is 3. The SMILES string of the molecule is CC(C)C(CC1CCCCC1)C(C)(C)C. The van der Waals surface area contributed by atoms with Crippen LogP contribution in [0.3, 0.4) is 0 Å². The summed E-state index contributed by atoms with van der Waals surface area (Å²) < 4.78 is 0. The highest BCUT2D eigenvalue weighted by Gasteiger charge is 2.30. The molecule has 0 heterocycles. The molecule has 0 amide bonds. The van der Waals surface area contributed by atoms with Crippen molar-refractivity contribution >= 4 is 0 Å². The van der Waals surface area contributed by atoms with Crippen LogP contribution in [0.15, 0.2) is 0 Å². The van der Waals surface area contributed by atoms with Gasteiger partial charge in [-0.05, 0) is 29.6 Å². The van der Waals surface area contributed by atoms with E-state index in [2.05, 4.69) is 34.6 Å². The predicted octanol–water partition coefficient (Wildman–Crippen LogP) is 5.28. The second-order valence-electron chi connectivity index (χ2n) is 6.96. The van der Waals surface area contributed by atoms with Gasteiger partial charge in [-0.25, -0.2) is 0 Å². The summed E-state index contributed by atoms with van der Waals surface area (Å²) in [5.41, 5.74) is 0.492. The van der Waals surface area contributed by atoms with Crippen LogP contribution in [0.5, 0.6) is 0 Å². The highest BCUT2D eigenvalue weighted by atomic mass is 14.4. The molecule has 0 aliphatic heterocycles. The molecule has 0 spiro atoms. The average Bonchev–Trinajstić information content (AvgIpc) is 2.13. The molecule has 0 heteroatoms. The highest BCUT2D eigenvalue weighted by Crippen LogP contribution is 2.40. The van der Waals surface area contributed by atoms with Gasteiger partial charge in [0.15, 0.2) is 0 Å². The lowest BCUT2D eigenvalue weighted by atomic mass is 9.68. The minimum Gasteiger partial charge on any atom is -0.0625 e. The fraction of sp³-hybridized carbons (Fsp3) is 1.00. The van der Waals surface area contributed by atoms with E-state index in [1.54, 1.807) is 0 Å².